The number of ether oxygens (including phenoxy) is 1. The van der Waals surface area contributed by atoms with E-state index in [0.717, 1.165) is 11.1 Å². The molecule has 3 aliphatic carbocycles. The molecule has 5 rings (SSSR count). The van der Waals surface area contributed by atoms with E-state index in [1.807, 2.05) is 24.3 Å². The molecule has 0 spiro atoms. The molecule has 1 saturated carbocycles. The third kappa shape index (κ3) is 4.84. The number of likely N-dealkylation sites (N-methyl/N-ethyl adjacent to an activating group) is 1. The zero-order valence-corrected chi connectivity index (χ0v) is 24.6. The van der Waals surface area contributed by atoms with E-state index in [4.69, 9.17) is 10.5 Å². The minimum Gasteiger partial charge on any atom is -0.508 e. The topological polar surface area (TPSA) is 200 Å². The Morgan fingerprint density at radius 1 is 1.09 bits per heavy atom. The molecule has 0 aromatic heterocycles. The number of amides is 1. The molecular formula is C32H35N3O9. The average molecular weight is 606 g/mol. The summed E-state index contributed by atoms with van der Waals surface area (Å²) in [5.41, 5.74) is 4.62. The van der Waals surface area contributed by atoms with E-state index in [1.54, 1.807) is 27.1 Å². The number of fused-ring (bicyclic) bond motifs is 3. The van der Waals surface area contributed by atoms with Crippen molar-refractivity contribution in [2.45, 2.75) is 38.0 Å². The van der Waals surface area contributed by atoms with Crippen LogP contribution < -0.4 is 11.1 Å². The molecule has 3 aliphatic rings. The van der Waals surface area contributed by atoms with Crippen molar-refractivity contribution in [1.29, 1.82) is 0 Å². The third-order valence-corrected chi connectivity index (χ3v) is 8.77. The Labute approximate surface area is 253 Å². The van der Waals surface area contributed by atoms with Crippen LogP contribution in [0.1, 0.15) is 30.0 Å². The molecule has 0 aliphatic heterocycles. The predicted molar refractivity (Wildman–Crippen MR) is 158 cm³/mol. The van der Waals surface area contributed by atoms with Crippen LogP contribution in [0.15, 0.2) is 53.3 Å². The summed E-state index contributed by atoms with van der Waals surface area (Å²) in [6, 6.07) is 9.44. The van der Waals surface area contributed by atoms with Gasteiger partial charge in [0, 0.05) is 18.0 Å². The van der Waals surface area contributed by atoms with Gasteiger partial charge in [0.25, 0.3) is 5.91 Å². The number of nitrogens with one attached hydrogen (secondary N) is 1. The number of primary amides is 1. The highest BCUT2D eigenvalue weighted by atomic mass is 16.5. The van der Waals surface area contributed by atoms with Gasteiger partial charge in [0.1, 0.15) is 22.8 Å². The SMILES string of the molecule is CCOC(=O)CNCc1ccc(-c2ccc(O)c3c2CC2CC4C(N(C)C)C(=O)C(C(N)=O)=C(O)C4(O)C(=O)C2=C3O)cc1. The maximum Gasteiger partial charge on any atom is 0.319 e. The number of hydrogen-bond donors (Lipinski definition) is 6. The van der Waals surface area contributed by atoms with Crippen molar-refractivity contribution >= 4 is 29.2 Å². The molecule has 0 heterocycles. The highest BCUT2D eigenvalue weighted by molar-refractivity contribution is 6.24. The molecule has 12 nitrogen and oxygen atoms in total. The molecule has 1 amide bonds. The molecule has 0 bridgehead atoms. The third-order valence-electron chi connectivity index (χ3n) is 8.77. The fourth-order valence-corrected chi connectivity index (χ4v) is 6.84. The van der Waals surface area contributed by atoms with E-state index in [-0.39, 0.29) is 42.2 Å². The zero-order chi connectivity index (χ0) is 32.1. The van der Waals surface area contributed by atoms with Gasteiger partial charge in [-0.1, -0.05) is 30.3 Å². The summed E-state index contributed by atoms with van der Waals surface area (Å²) in [4.78, 5) is 52.5. The smallest absolute Gasteiger partial charge is 0.319 e. The molecule has 0 radical (unpaired) electrons. The summed E-state index contributed by atoms with van der Waals surface area (Å²) in [5.74, 6) is -7.25. The summed E-state index contributed by atoms with van der Waals surface area (Å²) < 4.78 is 4.92. The average Bonchev–Trinajstić information content (AvgIpc) is 2.95. The standard InChI is InChI=1S/C32H35N3O9/c1-4-44-22(37)14-34-13-15-5-7-16(8-6-15)18-9-10-21(36)24-19(18)11-17-12-20-26(35(2)3)28(39)25(31(33)42)30(41)32(20,43)29(40)23(17)27(24)38/h5-10,17,20,26,34,36,38,41,43H,4,11-14H2,1-3H3,(H2,33,42). The molecule has 1 fully saturated rings. The maximum absolute atomic E-state index is 14.0. The lowest BCUT2D eigenvalue weighted by Gasteiger charge is -2.50. The van der Waals surface area contributed by atoms with Gasteiger partial charge in [0.15, 0.2) is 11.4 Å². The monoisotopic (exact) mass is 605 g/mol. The lowest BCUT2D eigenvalue weighted by atomic mass is 9.57. The van der Waals surface area contributed by atoms with E-state index in [2.05, 4.69) is 5.32 Å². The number of ketones is 2. The Balaban J connectivity index is 1.54. The molecule has 4 unspecified atom stereocenters. The van der Waals surface area contributed by atoms with Gasteiger partial charge in [-0.15, -0.1) is 0 Å². The molecule has 2 aromatic rings. The van der Waals surface area contributed by atoms with Gasteiger partial charge >= 0.3 is 5.97 Å². The molecule has 4 atom stereocenters. The first kappa shape index (κ1) is 30.9. The van der Waals surface area contributed by atoms with Crippen molar-refractivity contribution in [3.8, 4) is 16.9 Å². The number of hydrogen-bond acceptors (Lipinski definition) is 11. The van der Waals surface area contributed by atoms with Crippen molar-refractivity contribution in [1.82, 2.24) is 10.2 Å². The fourth-order valence-electron chi connectivity index (χ4n) is 6.84. The van der Waals surface area contributed by atoms with E-state index < -0.39 is 58.0 Å². The van der Waals surface area contributed by atoms with Gasteiger partial charge in [0.05, 0.1) is 24.8 Å². The van der Waals surface area contributed by atoms with Crippen molar-refractivity contribution in [2.75, 3.05) is 27.2 Å². The van der Waals surface area contributed by atoms with Crippen LogP contribution in [0.3, 0.4) is 0 Å². The van der Waals surface area contributed by atoms with Crippen LogP contribution in [-0.2, 0) is 36.9 Å². The molecule has 0 saturated heterocycles. The minimum atomic E-state index is -2.69. The van der Waals surface area contributed by atoms with Crippen LogP contribution in [0.25, 0.3) is 16.9 Å². The number of Topliss-reactive ketones (excluding diaryl/α,β-unsaturated/α-hetero) is 2. The van der Waals surface area contributed by atoms with Crippen LogP contribution in [0, 0.1) is 11.8 Å². The Morgan fingerprint density at radius 3 is 2.39 bits per heavy atom. The van der Waals surface area contributed by atoms with Crippen molar-refractivity contribution in [2.24, 2.45) is 17.6 Å². The van der Waals surface area contributed by atoms with Crippen LogP contribution in [0.5, 0.6) is 5.75 Å². The van der Waals surface area contributed by atoms with E-state index in [1.165, 1.54) is 11.0 Å². The van der Waals surface area contributed by atoms with Crippen LogP contribution in [-0.4, -0.2) is 87.7 Å². The van der Waals surface area contributed by atoms with E-state index in [9.17, 15) is 39.6 Å². The van der Waals surface area contributed by atoms with Crippen molar-refractivity contribution in [3.05, 3.63) is 70.0 Å². The highest BCUT2D eigenvalue weighted by Crippen LogP contribution is 2.53. The van der Waals surface area contributed by atoms with Gasteiger partial charge in [-0.25, -0.2) is 0 Å². The van der Waals surface area contributed by atoms with Crippen LogP contribution in [0.4, 0.5) is 0 Å². The summed E-state index contributed by atoms with van der Waals surface area (Å²) in [6.07, 6.45) is 0.188. The number of esters is 1. The van der Waals surface area contributed by atoms with Crippen LogP contribution >= 0.6 is 0 Å². The summed E-state index contributed by atoms with van der Waals surface area (Å²) >= 11 is 0. The number of aliphatic hydroxyl groups excluding tert-OH is 2. The number of phenolic OH excluding ortho intramolecular Hbond substituents is 1. The molecule has 232 valence electrons. The molecular weight excluding hydrogens is 570 g/mol. The Morgan fingerprint density at radius 2 is 1.77 bits per heavy atom. The first-order valence-corrected chi connectivity index (χ1v) is 14.3. The second-order valence-electron chi connectivity index (χ2n) is 11.6. The number of carbonyl (C=O) groups excluding carboxylic acids is 4. The number of aromatic hydroxyl groups is 1. The Bertz CT molecular complexity index is 1630. The maximum atomic E-state index is 14.0. The number of aliphatic hydroxyl groups is 3. The van der Waals surface area contributed by atoms with Gasteiger partial charge in [0.2, 0.25) is 5.78 Å². The number of rotatable bonds is 8. The first-order chi connectivity index (χ1) is 20.8. The largest absolute Gasteiger partial charge is 0.508 e. The van der Waals surface area contributed by atoms with Gasteiger partial charge in [-0.05, 0) is 68.1 Å². The second-order valence-corrected chi connectivity index (χ2v) is 11.6. The summed E-state index contributed by atoms with van der Waals surface area (Å²) in [7, 11) is 3.11. The van der Waals surface area contributed by atoms with Gasteiger partial charge in [-0.3, -0.25) is 24.1 Å². The van der Waals surface area contributed by atoms with E-state index in [0.29, 0.717) is 24.3 Å². The number of carbonyl (C=O) groups is 4. The van der Waals surface area contributed by atoms with Crippen molar-refractivity contribution in [3.63, 3.8) is 0 Å². The normalized spacial score (nSPS) is 24.6. The first-order valence-electron chi connectivity index (χ1n) is 14.3. The fraction of sp³-hybridized carbons (Fsp3) is 0.375. The van der Waals surface area contributed by atoms with Crippen molar-refractivity contribution < 1.29 is 44.3 Å². The number of nitrogens with zero attached hydrogens (tertiary/aromatic N) is 1. The van der Waals surface area contributed by atoms with Gasteiger partial charge in [-0.2, -0.15) is 0 Å². The summed E-state index contributed by atoms with van der Waals surface area (Å²) in [5, 5.41) is 48.0. The van der Waals surface area contributed by atoms with Gasteiger partial charge < -0.3 is 36.2 Å². The Hall–Kier alpha value is -4.52. The number of nitrogens with two attached hydrogens (primary N) is 1. The highest BCUT2D eigenvalue weighted by Gasteiger charge is 2.64. The molecule has 44 heavy (non-hydrogen) atoms. The number of phenols is 1. The quantitative estimate of drug-likeness (QED) is 0.187. The summed E-state index contributed by atoms with van der Waals surface area (Å²) in [6.45, 7) is 2.54. The molecule has 12 heteroatoms. The number of benzene rings is 2. The molecule has 7 N–H and O–H groups in total. The minimum absolute atomic E-state index is 0.00588. The predicted octanol–water partition coefficient (Wildman–Crippen LogP) is 1.28. The second kappa shape index (κ2) is 11.5. The lowest BCUT2D eigenvalue weighted by molar-refractivity contribution is -0.153. The lowest BCUT2D eigenvalue weighted by Crippen LogP contribution is -2.65. The van der Waals surface area contributed by atoms with Crippen LogP contribution in [0.2, 0.25) is 0 Å². The Kier molecular flexibility index (Phi) is 8.10. The molecule has 2 aromatic carbocycles. The van der Waals surface area contributed by atoms with E-state index >= 15 is 0 Å². The zero-order valence-electron chi connectivity index (χ0n) is 24.6.